The first-order valence-electron chi connectivity index (χ1n) is 15.9. The van der Waals surface area contributed by atoms with Gasteiger partial charge in [-0.1, -0.05) is 47.7 Å². The summed E-state index contributed by atoms with van der Waals surface area (Å²) in [5, 5.41) is 4.91. The highest BCUT2D eigenvalue weighted by atomic mass is 32.1. The molecule has 1 aromatic heterocycles. The Morgan fingerprint density at radius 1 is 0.700 bits per heavy atom. The van der Waals surface area contributed by atoms with Crippen LogP contribution in [0.3, 0.4) is 0 Å². The zero-order valence-corrected chi connectivity index (χ0v) is 29.6. The minimum absolute atomic E-state index is 0.219. The number of nitrogens with one attached hydrogen (secondary N) is 1. The number of thiazole rings is 1. The second kappa shape index (κ2) is 15.7. The summed E-state index contributed by atoms with van der Waals surface area (Å²) >= 11 is 1.45. The number of fused-ring (bicyclic) bond motifs is 1. The molecule has 0 aliphatic heterocycles. The molecule has 5 aromatic rings. The number of anilines is 1. The largest absolute Gasteiger partial charge is 0.488 e. The highest BCUT2D eigenvalue weighted by Crippen LogP contribution is 2.27. The number of hydrogen-bond acceptors (Lipinski definition) is 10. The lowest BCUT2D eigenvalue weighted by atomic mass is 10.1. The quantitative estimate of drug-likeness (QED) is 0.0481. The Kier molecular flexibility index (Phi) is 11.1. The Labute approximate surface area is 295 Å². The maximum atomic E-state index is 12.9. The molecule has 0 unspecified atom stereocenters. The average Bonchev–Trinajstić information content (AvgIpc) is 3.47. The predicted octanol–water partition coefficient (Wildman–Crippen LogP) is 9.33. The Bertz CT molecular complexity index is 2000. The van der Waals surface area contributed by atoms with E-state index in [-0.39, 0.29) is 22.7 Å². The van der Waals surface area contributed by atoms with Crippen LogP contribution in [0.15, 0.2) is 108 Å². The molecule has 0 saturated heterocycles. The first-order chi connectivity index (χ1) is 23.8. The summed E-state index contributed by atoms with van der Waals surface area (Å²) < 4.78 is 24.0. The lowest BCUT2D eigenvalue weighted by Gasteiger charge is -2.21. The van der Waals surface area contributed by atoms with Crippen LogP contribution in [-0.2, 0) is 9.59 Å². The minimum Gasteiger partial charge on any atom is -0.488 e. The number of ether oxygens (including phenoxy) is 4. The van der Waals surface area contributed by atoms with Crippen molar-refractivity contribution in [2.45, 2.75) is 52.7 Å². The van der Waals surface area contributed by atoms with E-state index in [0.29, 0.717) is 10.7 Å². The van der Waals surface area contributed by atoms with Crippen LogP contribution in [-0.4, -0.2) is 34.3 Å². The van der Waals surface area contributed by atoms with Crippen molar-refractivity contribution < 1.29 is 28.5 Å². The van der Waals surface area contributed by atoms with Crippen molar-refractivity contribution in [1.82, 2.24) is 4.98 Å². The summed E-state index contributed by atoms with van der Waals surface area (Å²) in [7, 11) is 0. The topological polar surface area (TPSA) is 108 Å². The van der Waals surface area contributed by atoms with E-state index in [2.05, 4.69) is 15.5 Å². The molecule has 9 nitrogen and oxygen atoms in total. The zero-order chi connectivity index (χ0) is 35.7. The summed E-state index contributed by atoms with van der Waals surface area (Å²) in [4.78, 5) is 30.1. The van der Waals surface area contributed by atoms with Gasteiger partial charge in [-0.25, -0.2) is 14.6 Å². The molecule has 4 aromatic carbocycles. The first-order valence-corrected chi connectivity index (χ1v) is 16.8. The van der Waals surface area contributed by atoms with E-state index in [1.807, 2.05) is 114 Å². The molecule has 256 valence electrons. The maximum Gasteiger partial charge on any atom is 0.336 e. The highest BCUT2D eigenvalue weighted by molar-refractivity contribution is 7.22. The van der Waals surface area contributed by atoms with Gasteiger partial charge in [0.2, 0.25) is 5.13 Å². The smallest absolute Gasteiger partial charge is 0.336 e. The Morgan fingerprint density at radius 3 is 1.80 bits per heavy atom. The predicted molar refractivity (Wildman–Crippen MR) is 200 cm³/mol. The third-order valence-electron chi connectivity index (χ3n) is 6.50. The summed E-state index contributed by atoms with van der Waals surface area (Å²) in [6, 6.07) is 27.2. The van der Waals surface area contributed by atoms with Gasteiger partial charge in [0, 0.05) is 17.7 Å². The summed E-state index contributed by atoms with van der Waals surface area (Å²) in [5.74, 6) is 0.750. The van der Waals surface area contributed by atoms with Crippen molar-refractivity contribution in [3.8, 4) is 23.0 Å². The average molecular weight is 690 g/mol. The Hall–Kier alpha value is -5.74. The molecule has 10 heteroatoms. The van der Waals surface area contributed by atoms with E-state index in [1.165, 1.54) is 29.7 Å². The van der Waals surface area contributed by atoms with Crippen LogP contribution in [0.1, 0.15) is 58.2 Å². The lowest BCUT2D eigenvalue weighted by Crippen LogP contribution is -2.22. The van der Waals surface area contributed by atoms with Crippen molar-refractivity contribution in [3.05, 3.63) is 120 Å². The van der Waals surface area contributed by atoms with Gasteiger partial charge in [-0.05, 0) is 119 Å². The monoisotopic (exact) mass is 689 g/mol. The molecule has 0 atom stereocenters. The van der Waals surface area contributed by atoms with Gasteiger partial charge in [-0.15, -0.1) is 0 Å². The van der Waals surface area contributed by atoms with Crippen LogP contribution < -0.4 is 24.4 Å². The van der Waals surface area contributed by atoms with Crippen LogP contribution >= 0.6 is 11.3 Å². The highest BCUT2D eigenvalue weighted by Gasteiger charge is 2.13. The Morgan fingerprint density at radius 2 is 1.24 bits per heavy atom. The third kappa shape index (κ3) is 11.2. The number of carbonyl (C=O) groups is 2. The number of esters is 2. The van der Waals surface area contributed by atoms with E-state index in [0.717, 1.165) is 32.8 Å². The van der Waals surface area contributed by atoms with Crippen molar-refractivity contribution in [2.24, 2.45) is 5.10 Å². The van der Waals surface area contributed by atoms with Crippen molar-refractivity contribution >= 4 is 57.0 Å². The van der Waals surface area contributed by atoms with Gasteiger partial charge in [-0.3, -0.25) is 5.43 Å². The van der Waals surface area contributed by atoms with Crippen molar-refractivity contribution in [2.75, 3.05) is 5.43 Å². The molecule has 1 heterocycles. The molecule has 50 heavy (non-hydrogen) atoms. The second-order valence-corrected chi connectivity index (χ2v) is 14.2. The molecular weight excluding hydrogens is 651 g/mol. The van der Waals surface area contributed by atoms with E-state index < -0.39 is 11.9 Å². The van der Waals surface area contributed by atoms with Gasteiger partial charge in [0.25, 0.3) is 0 Å². The number of carbonyl (C=O) groups excluding carboxylic acids is 2. The Balaban J connectivity index is 1.28. The molecule has 0 aliphatic carbocycles. The number of nitrogens with zero attached hydrogens (tertiary/aromatic N) is 2. The van der Waals surface area contributed by atoms with Crippen molar-refractivity contribution in [3.63, 3.8) is 0 Å². The molecule has 0 amide bonds. The SMILES string of the molecule is CC(C)(C)Oc1ccc(/C=C/C(=O)Oc2ccc(OC(=O)/C=C/c3ccc(OC(C)(C)C)cc3)c(/C=N/Nc3nc4ccccc4s3)c2)cc1. The number of hydrazone groups is 1. The van der Waals surface area contributed by atoms with Crippen LogP contribution in [0.25, 0.3) is 22.4 Å². The standard InChI is InChI=1S/C40H39N3O6S/c1-39(2,3)48-30-17-11-27(12-18-30)15-23-36(44)46-32-21-22-34(29(25-32)26-41-43-38-42-33-9-7-8-10-35(33)50-38)47-37(45)24-16-28-13-19-31(20-14-28)49-40(4,5)6/h7-26H,1-6H3,(H,42,43)/b23-15+,24-16+,41-26+. The summed E-state index contributed by atoms with van der Waals surface area (Å²) in [5.41, 5.74) is 5.16. The molecule has 0 bridgehead atoms. The molecule has 1 N–H and O–H groups in total. The van der Waals surface area contributed by atoms with Crippen LogP contribution in [0, 0.1) is 0 Å². The van der Waals surface area contributed by atoms with Crippen LogP contribution in [0.2, 0.25) is 0 Å². The van der Waals surface area contributed by atoms with E-state index in [1.54, 1.807) is 30.4 Å². The normalized spacial score (nSPS) is 12.1. The van der Waals surface area contributed by atoms with Gasteiger partial charge >= 0.3 is 11.9 Å². The molecule has 0 spiro atoms. The second-order valence-electron chi connectivity index (χ2n) is 13.1. The molecule has 0 radical (unpaired) electrons. The van der Waals surface area contributed by atoms with Crippen LogP contribution in [0.4, 0.5) is 5.13 Å². The van der Waals surface area contributed by atoms with Gasteiger partial charge < -0.3 is 18.9 Å². The number of benzene rings is 4. The number of rotatable bonds is 11. The summed E-state index contributed by atoms with van der Waals surface area (Å²) in [6.07, 6.45) is 7.45. The fraction of sp³-hybridized carbons (Fsp3) is 0.200. The molecular formula is C40H39N3O6S. The summed E-state index contributed by atoms with van der Waals surface area (Å²) in [6.45, 7) is 11.9. The fourth-order valence-electron chi connectivity index (χ4n) is 4.48. The molecule has 0 saturated carbocycles. The number of para-hydroxylation sites is 1. The van der Waals surface area contributed by atoms with Crippen LogP contribution in [0.5, 0.6) is 23.0 Å². The van der Waals surface area contributed by atoms with Gasteiger partial charge in [-0.2, -0.15) is 5.10 Å². The number of hydrogen-bond donors (Lipinski definition) is 1. The third-order valence-corrected chi connectivity index (χ3v) is 7.44. The maximum absolute atomic E-state index is 12.9. The van der Waals surface area contributed by atoms with Gasteiger partial charge in [0.05, 0.1) is 16.4 Å². The molecule has 0 aliphatic rings. The first kappa shape index (κ1) is 35.6. The zero-order valence-electron chi connectivity index (χ0n) is 28.8. The van der Waals surface area contributed by atoms with Gasteiger partial charge in [0.15, 0.2) is 0 Å². The molecule has 0 fully saturated rings. The number of aromatic nitrogens is 1. The van der Waals surface area contributed by atoms with E-state index >= 15 is 0 Å². The minimum atomic E-state index is -0.597. The van der Waals surface area contributed by atoms with Gasteiger partial charge in [0.1, 0.15) is 34.2 Å². The lowest BCUT2D eigenvalue weighted by molar-refractivity contribution is -0.130. The van der Waals surface area contributed by atoms with Crippen molar-refractivity contribution in [1.29, 1.82) is 0 Å². The fourth-order valence-corrected chi connectivity index (χ4v) is 5.30. The molecule has 5 rings (SSSR count). The van der Waals surface area contributed by atoms with E-state index in [9.17, 15) is 9.59 Å². The van der Waals surface area contributed by atoms with E-state index in [4.69, 9.17) is 18.9 Å².